The van der Waals surface area contributed by atoms with Crippen molar-refractivity contribution in [3.63, 3.8) is 0 Å². The lowest BCUT2D eigenvalue weighted by Gasteiger charge is -2.34. The summed E-state index contributed by atoms with van der Waals surface area (Å²) in [5.41, 5.74) is 6.39. The van der Waals surface area contributed by atoms with Gasteiger partial charge in [-0.3, -0.25) is 4.79 Å². The monoisotopic (exact) mass is 311 g/mol. The number of rotatable bonds is 3. The Labute approximate surface area is 132 Å². The number of aryl methyl sites for hydroxylation is 1. The van der Waals surface area contributed by atoms with E-state index >= 15 is 0 Å². The predicted molar refractivity (Wildman–Crippen MR) is 83.8 cm³/mol. The molecule has 0 saturated heterocycles. The van der Waals surface area contributed by atoms with Crippen molar-refractivity contribution in [1.82, 2.24) is 19.9 Å². The molecule has 0 aliphatic heterocycles. The molecule has 1 fully saturated rings. The Morgan fingerprint density at radius 3 is 2.74 bits per heavy atom. The number of aromatic nitrogens is 4. The fourth-order valence-electron chi connectivity index (χ4n) is 2.96. The summed E-state index contributed by atoms with van der Waals surface area (Å²) in [6.07, 6.45) is 3.23. The number of benzene rings is 1. The summed E-state index contributed by atoms with van der Waals surface area (Å²) in [5.74, 6) is 1.03. The topological polar surface area (TPSA) is 99.8 Å². The van der Waals surface area contributed by atoms with Crippen LogP contribution in [0.15, 0.2) is 33.6 Å². The molecule has 2 heterocycles. The second-order valence-electron chi connectivity index (χ2n) is 6.12. The molecule has 0 amide bonds. The van der Waals surface area contributed by atoms with E-state index in [1.165, 1.54) is 4.68 Å². The molecule has 1 saturated carbocycles. The second-order valence-corrected chi connectivity index (χ2v) is 6.12. The Kier molecular flexibility index (Phi) is 3.05. The third-order valence-electron chi connectivity index (χ3n) is 4.51. The van der Waals surface area contributed by atoms with Gasteiger partial charge in [0.1, 0.15) is 0 Å². The molecule has 2 N–H and O–H groups in total. The number of hydrogen-bond donors (Lipinski definition) is 1. The van der Waals surface area contributed by atoms with Crippen molar-refractivity contribution in [2.75, 3.05) is 0 Å². The van der Waals surface area contributed by atoms with Gasteiger partial charge in [0.05, 0.1) is 23.0 Å². The van der Waals surface area contributed by atoms with E-state index in [9.17, 15) is 4.79 Å². The molecule has 7 heteroatoms. The van der Waals surface area contributed by atoms with Gasteiger partial charge in [0.2, 0.25) is 5.89 Å². The zero-order valence-corrected chi connectivity index (χ0v) is 12.8. The minimum absolute atomic E-state index is 0.119. The Morgan fingerprint density at radius 2 is 2.04 bits per heavy atom. The molecule has 4 rings (SSSR count). The van der Waals surface area contributed by atoms with Gasteiger partial charge in [-0.25, -0.2) is 4.68 Å². The van der Waals surface area contributed by atoms with Crippen LogP contribution in [0.2, 0.25) is 0 Å². The molecule has 0 atom stereocenters. The summed E-state index contributed by atoms with van der Waals surface area (Å²) >= 11 is 0. The highest BCUT2D eigenvalue weighted by Gasteiger charge is 2.39. The first-order chi connectivity index (χ1) is 11.1. The molecule has 0 radical (unpaired) electrons. The van der Waals surface area contributed by atoms with Gasteiger partial charge in [0.15, 0.2) is 5.82 Å². The SMILES string of the molecule is Cn1nc(Cc2nc(C3(N)CCC3)no2)c2ccccc2c1=O. The lowest BCUT2D eigenvalue weighted by Crippen LogP contribution is -2.44. The van der Waals surface area contributed by atoms with Crippen LogP contribution >= 0.6 is 0 Å². The highest BCUT2D eigenvalue weighted by atomic mass is 16.5. The average molecular weight is 311 g/mol. The maximum absolute atomic E-state index is 12.1. The minimum Gasteiger partial charge on any atom is -0.339 e. The van der Waals surface area contributed by atoms with Crippen molar-refractivity contribution in [1.29, 1.82) is 0 Å². The number of hydrogen-bond acceptors (Lipinski definition) is 6. The fraction of sp³-hybridized carbons (Fsp3) is 0.375. The zero-order valence-electron chi connectivity index (χ0n) is 12.8. The van der Waals surface area contributed by atoms with Gasteiger partial charge >= 0.3 is 0 Å². The van der Waals surface area contributed by atoms with Crippen molar-refractivity contribution in [2.24, 2.45) is 12.8 Å². The first-order valence-electron chi connectivity index (χ1n) is 7.64. The van der Waals surface area contributed by atoms with Crippen LogP contribution in [0.3, 0.4) is 0 Å². The van der Waals surface area contributed by atoms with Crippen LogP contribution in [-0.2, 0) is 19.0 Å². The molecule has 1 aromatic carbocycles. The molecule has 2 aromatic heterocycles. The van der Waals surface area contributed by atoms with Gasteiger partial charge < -0.3 is 10.3 Å². The van der Waals surface area contributed by atoms with Crippen LogP contribution in [0.5, 0.6) is 0 Å². The molecular weight excluding hydrogens is 294 g/mol. The van der Waals surface area contributed by atoms with E-state index in [1.54, 1.807) is 13.1 Å². The Balaban J connectivity index is 1.73. The molecule has 0 unspecified atom stereocenters. The molecule has 1 aliphatic carbocycles. The summed E-state index contributed by atoms with van der Waals surface area (Å²) < 4.78 is 6.68. The van der Waals surface area contributed by atoms with Gasteiger partial charge in [-0.1, -0.05) is 23.4 Å². The summed E-state index contributed by atoms with van der Waals surface area (Å²) in [4.78, 5) is 16.6. The van der Waals surface area contributed by atoms with E-state index in [2.05, 4.69) is 15.2 Å². The van der Waals surface area contributed by atoms with Crippen LogP contribution in [0, 0.1) is 0 Å². The smallest absolute Gasteiger partial charge is 0.274 e. The normalized spacial score (nSPS) is 16.4. The Bertz CT molecular complexity index is 939. The summed E-state index contributed by atoms with van der Waals surface area (Å²) in [5, 5.41) is 9.81. The van der Waals surface area contributed by atoms with Crippen LogP contribution in [-0.4, -0.2) is 19.9 Å². The van der Waals surface area contributed by atoms with Crippen LogP contribution in [0.1, 0.15) is 36.7 Å². The molecule has 0 spiro atoms. The van der Waals surface area contributed by atoms with Crippen molar-refractivity contribution in [3.8, 4) is 0 Å². The van der Waals surface area contributed by atoms with E-state index in [0.717, 1.165) is 30.3 Å². The zero-order chi connectivity index (χ0) is 16.0. The van der Waals surface area contributed by atoms with E-state index in [1.807, 2.05) is 18.2 Å². The number of fused-ring (bicyclic) bond motifs is 1. The lowest BCUT2D eigenvalue weighted by molar-refractivity contribution is 0.229. The largest absolute Gasteiger partial charge is 0.339 e. The predicted octanol–water partition coefficient (Wildman–Crippen LogP) is 1.25. The molecule has 7 nitrogen and oxygen atoms in total. The van der Waals surface area contributed by atoms with Crippen molar-refractivity contribution in [3.05, 3.63) is 52.0 Å². The highest BCUT2D eigenvalue weighted by Crippen LogP contribution is 2.37. The molecule has 0 bridgehead atoms. The summed E-state index contributed by atoms with van der Waals surface area (Å²) in [7, 11) is 1.64. The van der Waals surface area contributed by atoms with Gasteiger partial charge in [0.25, 0.3) is 5.56 Å². The Hall–Kier alpha value is -2.54. The summed E-state index contributed by atoms with van der Waals surface area (Å²) in [6.45, 7) is 0. The van der Waals surface area contributed by atoms with Gasteiger partial charge in [-0.05, 0) is 25.3 Å². The molecule has 23 heavy (non-hydrogen) atoms. The van der Waals surface area contributed by atoms with Gasteiger partial charge in [-0.2, -0.15) is 10.1 Å². The van der Waals surface area contributed by atoms with Crippen molar-refractivity contribution < 1.29 is 4.52 Å². The average Bonchev–Trinajstić information content (AvgIpc) is 2.99. The number of nitrogens with zero attached hydrogens (tertiary/aromatic N) is 4. The number of nitrogens with two attached hydrogens (primary N) is 1. The van der Waals surface area contributed by atoms with Crippen molar-refractivity contribution >= 4 is 10.8 Å². The molecule has 1 aliphatic rings. The van der Waals surface area contributed by atoms with E-state index in [4.69, 9.17) is 10.3 Å². The molecular formula is C16H17N5O2. The fourth-order valence-corrected chi connectivity index (χ4v) is 2.96. The first-order valence-corrected chi connectivity index (χ1v) is 7.64. The van der Waals surface area contributed by atoms with Gasteiger partial charge in [0, 0.05) is 12.4 Å². The first kappa shape index (κ1) is 14.1. The minimum atomic E-state index is -0.444. The third kappa shape index (κ3) is 2.24. The van der Waals surface area contributed by atoms with Crippen LogP contribution < -0.4 is 11.3 Å². The van der Waals surface area contributed by atoms with E-state index in [-0.39, 0.29) is 5.56 Å². The summed E-state index contributed by atoms with van der Waals surface area (Å²) in [6, 6.07) is 7.40. The van der Waals surface area contributed by atoms with E-state index in [0.29, 0.717) is 23.5 Å². The second kappa shape index (κ2) is 4.99. The standard InChI is InChI=1S/C16H17N5O2/c1-21-14(22)11-6-3-2-5-10(11)12(19-21)9-13-18-15(20-23-13)16(17)7-4-8-16/h2-3,5-6H,4,7-9,17H2,1H3. The lowest BCUT2D eigenvalue weighted by atomic mass is 9.77. The van der Waals surface area contributed by atoms with Crippen LogP contribution in [0.4, 0.5) is 0 Å². The highest BCUT2D eigenvalue weighted by molar-refractivity contribution is 5.83. The molecule has 118 valence electrons. The maximum atomic E-state index is 12.1. The van der Waals surface area contributed by atoms with E-state index < -0.39 is 5.54 Å². The maximum Gasteiger partial charge on any atom is 0.274 e. The van der Waals surface area contributed by atoms with Crippen LogP contribution in [0.25, 0.3) is 10.8 Å². The third-order valence-corrected chi connectivity index (χ3v) is 4.51. The van der Waals surface area contributed by atoms with Gasteiger partial charge in [-0.15, -0.1) is 0 Å². The van der Waals surface area contributed by atoms with Crippen molar-refractivity contribution in [2.45, 2.75) is 31.2 Å². The molecule has 3 aromatic rings. The Morgan fingerprint density at radius 1 is 1.30 bits per heavy atom. The quantitative estimate of drug-likeness (QED) is 0.781.